The van der Waals surface area contributed by atoms with Gasteiger partial charge in [-0.15, -0.1) is 0 Å². The van der Waals surface area contributed by atoms with Crippen LogP contribution in [0.5, 0.6) is 0 Å². The van der Waals surface area contributed by atoms with Crippen LogP contribution in [0.25, 0.3) is 0 Å². The Morgan fingerprint density at radius 1 is 1.57 bits per heavy atom. The van der Waals surface area contributed by atoms with Crippen molar-refractivity contribution < 1.29 is 0 Å². The summed E-state index contributed by atoms with van der Waals surface area (Å²) in [5, 5.41) is 3.02. The van der Waals surface area contributed by atoms with Gasteiger partial charge in [0.25, 0.3) is 5.56 Å². The van der Waals surface area contributed by atoms with Gasteiger partial charge in [0, 0.05) is 24.3 Å². The van der Waals surface area contributed by atoms with Crippen LogP contribution in [0.3, 0.4) is 0 Å². The van der Waals surface area contributed by atoms with E-state index in [1.165, 1.54) is 4.57 Å². The van der Waals surface area contributed by atoms with Crippen LogP contribution in [-0.2, 0) is 6.54 Å². The molecule has 0 saturated heterocycles. The molecule has 1 rings (SSSR count). The number of rotatable bonds is 3. The third kappa shape index (κ3) is 2.32. The van der Waals surface area contributed by atoms with Crippen LogP contribution >= 0.6 is 0 Å². The molecule has 1 aromatic heterocycles. The van der Waals surface area contributed by atoms with E-state index in [9.17, 15) is 9.59 Å². The Labute approximate surface area is 81.8 Å². The van der Waals surface area contributed by atoms with E-state index in [2.05, 4.69) is 10.3 Å². The van der Waals surface area contributed by atoms with Gasteiger partial charge >= 0.3 is 5.69 Å². The smallest absolute Gasteiger partial charge is 0.315 e. The molecule has 1 unspecified atom stereocenters. The molecule has 0 bridgehead atoms. The van der Waals surface area contributed by atoms with Crippen LogP contribution in [0.1, 0.15) is 12.5 Å². The summed E-state index contributed by atoms with van der Waals surface area (Å²) in [5.74, 6) is 0. The molecule has 0 fully saturated rings. The Balaban J connectivity index is 3.04. The zero-order chi connectivity index (χ0) is 10.7. The highest BCUT2D eigenvalue weighted by Gasteiger charge is 2.03. The number of H-pyrrole nitrogens is 1. The molecule has 0 aromatic carbocycles. The maximum Gasteiger partial charge on any atom is 0.328 e. The maximum absolute atomic E-state index is 11.3. The lowest BCUT2D eigenvalue weighted by atomic mass is 10.3. The van der Waals surface area contributed by atoms with Crippen molar-refractivity contribution in [1.29, 1.82) is 0 Å². The van der Waals surface area contributed by atoms with Crippen molar-refractivity contribution in [2.45, 2.75) is 26.4 Å². The molecule has 0 spiro atoms. The lowest BCUT2D eigenvalue weighted by Gasteiger charge is -2.11. The number of hydrogen-bond donors (Lipinski definition) is 2. The summed E-state index contributed by atoms with van der Waals surface area (Å²) in [7, 11) is 1.83. The van der Waals surface area contributed by atoms with Crippen molar-refractivity contribution in [2.24, 2.45) is 0 Å². The Morgan fingerprint density at radius 2 is 2.21 bits per heavy atom. The standard InChI is InChI=1S/C9H15N3O2/c1-6-4-12(5-7(2)10-3)9(14)11-8(6)13/h4,7,10H,5H2,1-3H3,(H,11,13,14). The third-order valence-electron chi connectivity index (χ3n) is 2.15. The van der Waals surface area contributed by atoms with Gasteiger partial charge in [0.05, 0.1) is 0 Å². The van der Waals surface area contributed by atoms with Crippen molar-refractivity contribution in [3.63, 3.8) is 0 Å². The molecule has 1 heterocycles. The van der Waals surface area contributed by atoms with Crippen molar-refractivity contribution in [3.8, 4) is 0 Å². The average molecular weight is 197 g/mol. The minimum atomic E-state index is -0.359. The fraction of sp³-hybridized carbons (Fsp3) is 0.556. The van der Waals surface area contributed by atoms with E-state index in [1.54, 1.807) is 13.1 Å². The zero-order valence-corrected chi connectivity index (χ0v) is 8.63. The minimum absolute atomic E-state index is 0.193. The first kappa shape index (κ1) is 10.7. The van der Waals surface area contributed by atoms with E-state index in [0.29, 0.717) is 12.1 Å². The van der Waals surface area contributed by atoms with Gasteiger partial charge in [-0.3, -0.25) is 14.3 Å². The van der Waals surface area contributed by atoms with Crippen LogP contribution in [0.4, 0.5) is 0 Å². The largest absolute Gasteiger partial charge is 0.328 e. The molecule has 0 radical (unpaired) electrons. The lowest BCUT2D eigenvalue weighted by Crippen LogP contribution is -2.36. The van der Waals surface area contributed by atoms with Crippen LogP contribution in [-0.4, -0.2) is 22.6 Å². The number of aryl methyl sites for hydroxylation is 1. The van der Waals surface area contributed by atoms with Gasteiger partial charge in [-0.25, -0.2) is 4.79 Å². The maximum atomic E-state index is 11.3. The molecule has 1 atom stereocenters. The Kier molecular flexibility index (Phi) is 3.24. The highest BCUT2D eigenvalue weighted by atomic mass is 16.2. The van der Waals surface area contributed by atoms with E-state index in [4.69, 9.17) is 0 Å². The first-order valence-electron chi connectivity index (χ1n) is 4.52. The third-order valence-corrected chi connectivity index (χ3v) is 2.15. The molecule has 5 heteroatoms. The monoisotopic (exact) mass is 197 g/mol. The quantitative estimate of drug-likeness (QED) is 0.683. The van der Waals surface area contributed by atoms with E-state index in [-0.39, 0.29) is 17.3 Å². The van der Waals surface area contributed by atoms with E-state index in [1.807, 2.05) is 14.0 Å². The highest BCUT2D eigenvalue weighted by molar-refractivity contribution is 5.00. The number of aromatic nitrogens is 2. The van der Waals surface area contributed by atoms with Gasteiger partial charge in [-0.1, -0.05) is 0 Å². The first-order valence-corrected chi connectivity index (χ1v) is 4.52. The second-order valence-corrected chi connectivity index (χ2v) is 3.41. The van der Waals surface area contributed by atoms with Crippen LogP contribution < -0.4 is 16.6 Å². The van der Waals surface area contributed by atoms with Crippen molar-refractivity contribution >= 4 is 0 Å². The van der Waals surface area contributed by atoms with Gasteiger partial charge in [-0.05, 0) is 20.9 Å². The normalized spacial score (nSPS) is 12.8. The van der Waals surface area contributed by atoms with Crippen LogP contribution in [0, 0.1) is 6.92 Å². The van der Waals surface area contributed by atoms with Crippen molar-refractivity contribution in [1.82, 2.24) is 14.9 Å². The zero-order valence-electron chi connectivity index (χ0n) is 8.63. The molecular formula is C9H15N3O2. The van der Waals surface area contributed by atoms with Crippen LogP contribution in [0.15, 0.2) is 15.8 Å². The predicted octanol–water partition coefficient (Wildman–Crippen LogP) is -0.547. The topological polar surface area (TPSA) is 66.9 Å². The van der Waals surface area contributed by atoms with E-state index < -0.39 is 0 Å². The molecule has 5 nitrogen and oxygen atoms in total. The number of nitrogens with one attached hydrogen (secondary N) is 2. The number of likely N-dealkylation sites (N-methyl/N-ethyl adjacent to an activating group) is 1. The van der Waals surface area contributed by atoms with Gasteiger partial charge < -0.3 is 5.32 Å². The SMILES string of the molecule is CNC(C)Cn1cc(C)c(=O)[nH]c1=O. The van der Waals surface area contributed by atoms with Crippen molar-refractivity contribution in [2.75, 3.05) is 7.05 Å². The lowest BCUT2D eigenvalue weighted by molar-refractivity contribution is 0.496. The number of aromatic amines is 1. The summed E-state index contributed by atoms with van der Waals surface area (Å²) < 4.78 is 1.50. The second-order valence-electron chi connectivity index (χ2n) is 3.41. The molecular weight excluding hydrogens is 182 g/mol. The number of nitrogens with zero attached hydrogens (tertiary/aromatic N) is 1. The fourth-order valence-corrected chi connectivity index (χ4v) is 1.14. The Hall–Kier alpha value is -1.36. The molecule has 0 aliphatic carbocycles. The summed E-state index contributed by atoms with van der Waals surface area (Å²) >= 11 is 0. The molecule has 2 N–H and O–H groups in total. The first-order chi connectivity index (χ1) is 6.54. The average Bonchev–Trinajstić information content (AvgIpc) is 2.14. The van der Waals surface area contributed by atoms with E-state index >= 15 is 0 Å². The second kappa shape index (κ2) is 4.23. The Bertz CT molecular complexity index is 419. The van der Waals surface area contributed by atoms with E-state index in [0.717, 1.165) is 0 Å². The Morgan fingerprint density at radius 3 is 2.79 bits per heavy atom. The van der Waals surface area contributed by atoms with Crippen molar-refractivity contribution in [3.05, 3.63) is 32.6 Å². The molecule has 0 amide bonds. The van der Waals surface area contributed by atoms with Gasteiger partial charge in [-0.2, -0.15) is 0 Å². The molecule has 0 aliphatic heterocycles. The summed E-state index contributed by atoms with van der Waals surface area (Å²) in [6, 6.07) is 0.193. The van der Waals surface area contributed by atoms with Gasteiger partial charge in [0.2, 0.25) is 0 Å². The highest BCUT2D eigenvalue weighted by Crippen LogP contribution is 1.88. The summed E-state index contributed by atoms with van der Waals surface area (Å²) in [4.78, 5) is 24.6. The summed E-state index contributed by atoms with van der Waals surface area (Å²) in [6.45, 7) is 4.19. The molecule has 14 heavy (non-hydrogen) atoms. The van der Waals surface area contributed by atoms with Gasteiger partial charge in [0.1, 0.15) is 0 Å². The predicted molar refractivity (Wildman–Crippen MR) is 54.6 cm³/mol. The minimum Gasteiger partial charge on any atom is -0.315 e. The summed E-state index contributed by atoms with van der Waals surface area (Å²) in [6.07, 6.45) is 1.58. The molecule has 0 aliphatic rings. The fourth-order valence-electron chi connectivity index (χ4n) is 1.14. The number of hydrogen-bond acceptors (Lipinski definition) is 3. The molecule has 78 valence electrons. The van der Waals surface area contributed by atoms with Crippen LogP contribution in [0.2, 0.25) is 0 Å². The van der Waals surface area contributed by atoms with Gasteiger partial charge in [0.15, 0.2) is 0 Å². The summed E-state index contributed by atoms with van der Waals surface area (Å²) in [5.41, 5.74) is -0.126. The molecule has 0 saturated carbocycles. The molecule has 1 aromatic rings.